The van der Waals surface area contributed by atoms with Gasteiger partial charge in [-0.25, -0.2) is 0 Å². The molecule has 0 unspecified atom stereocenters. The predicted octanol–water partition coefficient (Wildman–Crippen LogP) is 7.33. The lowest BCUT2D eigenvalue weighted by atomic mass is 10.1. The lowest BCUT2D eigenvalue weighted by Gasteiger charge is -2.16. The van der Waals surface area contributed by atoms with Crippen molar-refractivity contribution in [1.82, 2.24) is 0 Å². The van der Waals surface area contributed by atoms with Crippen LogP contribution >= 0.6 is 15.9 Å². The third-order valence-corrected chi connectivity index (χ3v) is 5.89. The molecule has 5 nitrogen and oxygen atoms in total. The first kappa shape index (κ1) is 25.6. The number of anilines is 2. The predicted molar refractivity (Wildman–Crippen MR) is 143 cm³/mol. The van der Waals surface area contributed by atoms with Crippen molar-refractivity contribution in [1.29, 1.82) is 0 Å². The zero-order valence-corrected chi connectivity index (χ0v) is 21.9. The topological polar surface area (TPSA) is 59.6 Å². The van der Waals surface area contributed by atoms with E-state index < -0.39 is 0 Å². The summed E-state index contributed by atoms with van der Waals surface area (Å²) in [6.07, 6.45) is 0.503. The minimum atomic E-state index is 0.0254. The zero-order valence-electron chi connectivity index (χ0n) is 20.3. The quantitative estimate of drug-likeness (QED) is 0.275. The van der Waals surface area contributed by atoms with E-state index in [4.69, 9.17) is 9.47 Å². The lowest BCUT2D eigenvalue weighted by molar-refractivity contribution is -0.116. The van der Waals surface area contributed by atoms with E-state index in [2.05, 4.69) is 57.8 Å². The Morgan fingerprint density at radius 2 is 1.68 bits per heavy atom. The van der Waals surface area contributed by atoms with Crippen LogP contribution in [-0.2, 0) is 17.9 Å². The lowest BCUT2D eigenvalue weighted by Crippen LogP contribution is -2.14. The highest BCUT2D eigenvalue weighted by Gasteiger charge is 2.12. The van der Waals surface area contributed by atoms with Gasteiger partial charge in [-0.2, -0.15) is 0 Å². The van der Waals surface area contributed by atoms with Crippen molar-refractivity contribution in [2.75, 3.05) is 17.2 Å². The molecule has 0 aliphatic heterocycles. The molecule has 0 aliphatic carbocycles. The minimum Gasteiger partial charge on any atom is -0.490 e. The first-order valence-corrected chi connectivity index (χ1v) is 12.4. The molecule has 0 spiro atoms. The Balaban J connectivity index is 1.67. The van der Waals surface area contributed by atoms with E-state index in [1.807, 2.05) is 57.2 Å². The second-order valence-electron chi connectivity index (χ2n) is 8.68. The van der Waals surface area contributed by atoms with Crippen LogP contribution in [0.4, 0.5) is 11.4 Å². The Hall–Kier alpha value is -2.99. The second kappa shape index (κ2) is 12.5. The average Bonchev–Trinajstić information content (AvgIpc) is 2.79. The molecular weight excluding hydrogens is 492 g/mol. The van der Waals surface area contributed by atoms with Crippen LogP contribution in [-0.4, -0.2) is 12.5 Å². The number of hydrogen-bond donors (Lipinski definition) is 2. The van der Waals surface area contributed by atoms with Gasteiger partial charge in [-0.05, 0) is 61.2 Å². The van der Waals surface area contributed by atoms with E-state index >= 15 is 0 Å². The Labute approximate surface area is 211 Å². The third kappa shape index (κ3) is 7.80. The third-order valence-electron chi connectivity index (χ3n) is 5.15. The molecule has 0 fully saturated rings. The van der Waals surface area contributed by atoms with Crippen LogP contribution < -0.4 is 20.1 Å². The van der Waals surface area contributed by atoms with Crippen molar-refractivity contribution < 1.29 is 14.3 Å². The molecule has 0 radical (unpaired) electrons. The van der Waals surface area contributed by atoms with E-state index in [1.165, 1.54) is 5.56 Å². The average molecular weight is 525 g/mol. The van der Waals surface area contributed by atoms with Crippen molar-refractivity contribution in [2.45, 2.75) is 47.3 Å². The highest BCUT2D eigenvalue weighted by atomic mass is 79.9. The van der Waals surface area contributed by atoms with Crippen LogP contribution in [0.5, 0.6) is 11.5 Å². The van der Waals surface area contributed by atoms with Crippen molar-refractivity contribution in [3.63, 3.8) is 0 Å². The van der Waals surface area contributed by atoms with Crippen LogP contribution in [0, 0.1) is 12.8 Å². The van der Waals surface area contributed by atoms with Crippen molar-refractivity contribution in [3.05, 3.63) is 81.8 Å². The van der Waals surface area contributed by atoms with Crippen LogP contribution in [0.25, 0.3) is 0 Å². The molecule has 1 amide bonds. The standard InChI is InChI=1S/C28H33BrN2O3/c1-5-33-26-14-22(25(29)16-27(26)34-18-21-11-9-20(4)10-12-21)17-30-23-7-6-8-24(15-23)31-28(32)13-19(2)3/h6-12,14-16,19,30H,5,13,17-18H2,1-4H3,(H,31,32). The summed E-state index contributed by atoms with van der Waals surface area (Å²) in [5.41, 5.74) is 5.08. The summed E-state index contributed by atoms with van der Waals surface area (Å²) < 4.78 is 12.9. The highest BCUT2D eigenvalue weighted by molar-refractivity contribution is 9.10. The van der Waals surface area contributed by atoms with Gasteiger partial charge >= 0.3 is 0 Å². The maximum atomic E-state index is 12.1. The Morgan fingerprint density at radius 1 is 0.971 bits per heavy atom. The number of ether oxygens (including phenoxy) is 2. The van der Waals surface area contributed by atoms with E-state index in [0.29, 0.717) is 43.6 Å². The number of amides is 1. The molecular formula is C28H33BrN2O3. The summed E-state index contributed by atoms with van der Waals surface area (Å²) >= 11 is 3.68. The van der Waals surface area contributed by atoms with Gasteiger partial charge in [0.1, 0.15) is 6.61 Å². The van der Waals surface area contributed by atoms with Gasteiger partial charge < -0.3 is 20.1 Å². The minimum absolute atomic E-state index is 0.0254. The first-order valence-electron chi connectivity index (χ1n) is 11.6. The fourth-order valence-electron chi connectivity index (χ4n) is 3.43. The number of benzene rings is 3. The van der Waals surface area contributed by atoms with Crippen molar-refractivity contribution >= 4 is 33.2 Å². The molecule has 2 N–H and O–H groups in total. The summed E-state index contributed by atoms with van der Waals surface area (Å²) in [5, 5.41) is 6.39. The smallest absolute Gasteiger partial charge is 0.224 e. The molecule has 180 valence electrons. The van der Waals surface area contributed by atoms with Gasteiger partial charge in [0.25, 0.3) is 0 Å². The molecule has 3 rings (SSSR count). The molecule has 3 aromatic carbocycles. The van der Waals surface area contributed by atoms with Crippen molar-refractivity contribution in [3.8, 4) is 11.5 Å². The van der Waals surface area contributed by atoms with Crippen LogP contribution in [0.3, 0.4) is 0 Å². The van der Waals surface area contributed by atoms with Crippen LogP contribution in [0.15, 0.2) is 65.1 Å². The van der Waals surface area contributed by atoms with Gasteiger partial charge in [0, 0.05) is 28.8 Å². The van der Waals surface area contributed by atoms with E-state index in [1.54, 1.807) is 0 Å². The second-order valence-corrected chi connectivity index (χ2v) is 9.53. The van der Waals surface area contributed by atoms with Crippen LogP contribution in [0.2, 0.25) is 0 Å². The molecule has 0 saturated carbocycles. The highest BCUT2D eigenvalue weighted by Crippen LogP contribution is 2.35. The number of rotatable bonds is 11. The fourth-order valence-corrected chi connectivity index (χ4v) is 3.89. The largest absolute Gasteiger partial charge is 0.490 e. The van der Waals surface area contributed by atoms with Gasteiger partial charge in [-0.1, -0.05) is 65.7 Å². The summed E-state index contributed by atoms with van der Waals surface area (Å²) in [6.45, 7) is 9.70. The van der Waals surface area contributed by atoms with Gasteiger partial charge in [-0.3, -0.25) is 4.79 Å². The SMILES string of the molecule is CCOc1cc(CNc2cccc(NC(=O)CC(C)C)c2)c(Br)cc1OCc1ccc(C)cc1. The molecule has 6 heteroatoms. The zero-order chi connectivity index (χ0) is 24.5. The fraction of sp³-hybridized carbons (Fsp3) is 0.321. The van der Waals surface area contributed by atoms with Gasteiger partial charge in [-0.15, -0.1) is 0 Å². The monoisotopic (exact) mass is 524 g/mol. The van der Waals surface area contributed by atoms with E-state index in [-0.39, 0.29) is 5.91 Å². The summed E-state index contributed by atoms with van der Waals surface area (Å²) in [4.78, 5) is 12.1. The number of aryl methyl sites for hydroxylation is 1. The number of nitrogens with one attached hydrogen (secondary N) is 2. The molecule has 0 aromatic heterocycles. The Morgan fingerprint density at radius 3 is 2.38 bits per heavy atom. The summed E-state index contributed by atoms with van der Waals surface area (Å²) in [5.74, 6) is 1.76. The normalized spacial score (nSPS) is 10.8. The molecule has 3 aromatic rings. The number of hydrogen-bond acceptors (Lipinski definition) is 4. The van der Waals surface area contributed by atoms with Gasteiger partial charge in [0.2, 0.25) is 5.91 Å². The number of halogens is 1. The maximum absolute atomic E-state index is 12.1. The summed E-state index contributed by atoms with van der Waals surface area (Å²) in [7, 11) is 0. The maximum Gasteiger partial charge on any atom is 0.224 e. The molecule has 0 bridgehead atoms. The molecule has 0 saturated heterocycles. The van der Waals surface area contributed by atoms with Crippen LogP contribution in [0.1, 0.15) is 43.9 Å². The number of carbonyl (C=O) groups excluding carboxylic acids is 1. The molecule has 0 atom stereocenters. The van der Waals surface area contributed by atoms with Gasteiger partial charge in [0.15, 0.2) is 11.5 Å². The molecule has 34 heavy (non-hydrogen) atoms. The molecule has 0 aliphatic rings. The van der Waals surface area contributed by atoms with Crippen molar-refractivity contribution in [2.24, 2.45) is 5.92 Å². The number of carbonyl (C=O) groups is 1. The molecule has 0 heterocycles. The first-order chi connectivity index (χ1) is 16.3. The van der Waals surface area contributed by atoms with E-state index in [9.17, 15) is 4.79 Å². The Kier molecular flexibility index (Phi) is 9.40. The van der Waals surface area contributed by atoms with Gasteiger partial charge in [0.05, 0.1) is 6.61 Å². The van der Waals surface area contributed by atoms with E-state index in [0.717, 1.165) is 27.0 Å². The summed E-state index contributed by atoms with van der Waals surface area (Å²) in [6, 6.07) is 20.0. The Bertz CT molecular complexity index is 1100.